The van der Waals surface area contributed by atoms with Gasteiger partial charge in [0.05, 0.1) is 0 Å². The molecule has 0 aliphatic heterocycles. The number of benzene rings is 1. The summed E-state index contributed by atoms with van der Waals surface area (Å²) >= 11 is 3.38. The summed E-state index contributed by atoms with van der Waals surface area (Å²) in [6.45, 7) is 4.47. The number of aliphatic carboxylic acids is 1. The molecular formula is C15H21BrN2O3. The number of carboxylic acids is 1. The summed E-state index contributed by atoms with van der Waals surface area (Å²) in [6.07, 6.45) is 1.56. The zero-order chi connectivity index (χ0) is 15.8. The highest BCUT2D eigenvalue weighted by Crippen LogP contribution is 2.18. The molecule has 3 N–H and O–H groups in total. The van der Waals surface area contributed by atoms with Crippen LogP contribution < -0.4 is 10.6 Å². The predicted octanol–water partition coefficient (Wildman–Crippen LogP) is 3.77. The summed E-state index contributed by atoms with van der Waals surface area (Å²) in [7, 11) is 0. The maximum absolute atomic E-state index is 11.8. The normalized spacial score (nSPS) is 11.8. The van der Waals surface area contributed by atoms with E-state index in [1.807, 2.05) is 32.0 Å². The lowest BCUT2D eigenvalue weighted by Gasteiger charge is -2.12. The molecule has 0 saturated carbocycles. The molecule has 0 spiro atoms. The SMILES string of the molecule is Cc1cc(Br)cc(NC(=O)NCCC(C)CCC(=O)O)c1. The zero-order valence-corrected chi connectivity index (χ0v) is 13.9. The summed E-state index contributed by atoms with van der Waals surface area (Å²) in [6, 6.07) is 5.44. The molecule has 0 aliphatic carbocycles. The third-order valence-corrected chi connectivity index (χ3v) is 3.53. The van der Waals surface area contributed by atoms with E-state index in [1.165, 1.54) is 0 Å². The van der Waals surface area contributed by atoms with Crippen molar-refractivity contribution in [1.82, 2.24) is 5.32 Å². The summed E-state index contributed by atoms with van der Waals surface area (Å²) in [4.78, 5) is 22.2. The second-order valence-corrected chi connectivity index (χ2v) is 6.14. The molecule has 21 heavy (non-hydrogen) atoms. The van der Waals surface area contributed by atoms with E-state index in [4.69, 9.17) is 5.11 Å². The first-order valence-electron chi connectivity index (χ1n) is 6.90. The topological polar surface area (TPSA) is 78.4 Å². The lowest BCUT2D eigenvalue weighted by Crippen LogP contribution is -2.30. The fraction of sp³-hybridized carbons (Fsp3) is 0.467. The lowest BCUT2D eigenvalue weighted by molar-refractivity contribution is -0.137. The van der Waals surface area contributed by atoms with E-state index >= 15 is 0 Å². The van der Waals surface area contributed by atoms with Crippen LogP contribution in [0.25, 0.3) is 0 Å². The Balaban J connectivity index is 2.29. The lowest BCUT2D eigenvalue weighted by atomic mass is 10.0. The van der Waals surface area contributed by atoms with Gasteiger partial charge < -0.3 is 15.7 Å². The molecule has 1 atom stereocenters. The van der Waals surface area contributed by atoms with Crippen LogP contribution >= 0.6 is 15.9 Å². The maximum Gasteiger partial charge on any atom is 0.319 e. The molecule has 6 heteroatoms. The average molecular weight is 357 g/mol. The van der Waals surface area contributed by atoms with Gasteiger partial charge in [-0.15, -0.1) is 0 Å². The van der Waals surface area contributed by atoms with Crippen LogP contribution in [0.5, 0.6) is 0 Å². The number of hydrogen-bond acceptors (Lipinski definition) is 2. The van der Waals surface area contributed by atoms with Crippen molar-refractivity contribution in [2.75, 3.05) is 11.9 Å². The van der Waals surface area contributed by atoms with Gasteiger partial charge in [-0.2, -0.15) is 0 Å². The molecule has 0 bridgehead atoms. The standard InChI is InChI=1S/C15H21BrN2O3/c1-10(3-4-14(19)20)5-6-17-15(21)18-13-8-11(2)7-12(16)9-13/h7-10H,3-6H2,1-2H3,(H,19,20)(H2,17,18,21). The summed E-state index contributed by atoms with van der Waals surface area (Å²) in [5.41, 5.74) is 1.79. The number of nitrogens with one attached hydrogen (secondary N) is 2. The third-order valence-electron chi connectivity index (χ3n) is 3.07. The van der Waals surface area contributed by atoms with Gasteiger partial charge in [-0.3, -0.25) is 4.79 Å². The quantitative estimate of drug-likeness (QED) is 0.695. The number of carbonyl (C=O) groups is 2. The van der Waals surface area contributed by atoms with E-state index in [0.717, 1.165) is 22.1 Å². The van der Waals surface area contributed by atoms with Crippen LogP contribution in [0, 0.1) is 12.8 Å². The van der Waals surface area contributed by atoms with Crippen molar-refractivity contribution >= 4 is 33.6 Å². The summed E-state index contributed by atoms with van der Waals surface area (Å²) in [5.74, 6) is -0.507. The monoisotopic (exact) mass is 356 g/mol. The highest BCUT2D eigenvalue weighted by Gasteiger charge is 2.07. The van der Waals surface area contributed by atoms with E-state index in [1.54, 1.807) is 0 Å². The predicted molar refractivity (Wildman–Crippen MR) is 86.6 cm³/mol. The second kappa shape index (κ2) is 8.67. The van der Waals surface area contributed by atoms with Crippen molar-refractivity contribution in [2.24, 2.45) is 5.92 Å². The fourth-order valence-corrected chi connectivity index (χ4v) is 2.54. The van der Waals surface area contributed by atoms with Crippen LogP contribution in [0.1, 0.15) is 31.7 Å². The molecule has 1 aromatic rings. The summed E-state index contributed by atoms with van der Waals surface area (Å²) in [5, 5.41) is 14.2. The number of rotatable bonds is 7. The number of anilines is 1. The van der Waals surface area contributed by atoms with Crippen molar-refractivity contribution in [3.05, 3.63) is 28.2 Å². The van der Waals surface area contributed by atoms with Crippen LogP contribution in [-0.4, -0.2) is 23.7 Å². The number of halogens is 1. The van der Waals surface area contributed by atoms with Gasteiger partial charge in [-0.1, -0.05) is 22.9 Å². The van der Waals surface area contributed by atoms with Crippen molar-refractivity contribution < 1.29 is 14.7 Å². The largest absolute Gasteiger partial charge is 0.481 e. The molecule has 2 amide bonds. The Morgan fingerprint density at radius 1 is 1.29 bits per heavy atom. The molecule has 0 saturated heterocycles. The highest BCUT2D eigenvalue weighted by atomic mass is 79.9. The van der Waals surface area contributed by atoms with Gasteiger partial charge in [0.15, 0.2) is 0 Å². The number of amides is 2. The van der Waals surface area contributed by atoms with Gasteiger partial charge in [-0.05, 0) is 49.4 Å². The number of carbonyl (C=O) groups excluding carboxylic acids is 1. The van der Waals surface area contributed by atoms with Crippen LogP contribution in [-0.2, 0) is 4.79 Å². The van der Waals surface area contributed by atoms with Crippen LogP contribution in [0.3, 0.4) is 0 Å². The van der Waals surface area contributed by atoms with E-state index in [-0.39, 0.29) is 18.4 Å². The Hall–Kier alpha value is -1.56. The Bertz CT molecular complexity index is 485. The molecule has 0 heterocycles. The molecule has 116 valence electrons. The molecule has 0 fully saturated rings. The molecule has 0 aliphatic rings. The van der Waals surface area contributed by atoms with Gasteiger partial charge >= 0.3 is 12.0 Å². The van der Waals surface area contributed by atoms with Crippen molar-refractivity contribution in [3.63, 3.8) is 0 Å². The highest BCUT2D eigenvalue weighted by molar-refractivity contribution is 9.10. The molecule has 0 aromatic heterocycles. The van der Waals surface area contributed by atoms with Crippen molar-refractivity contribution in [2.45, 2.75) is 33.1 Å². The smallest absolute Gasteiger partial charge is 0.319 e. The Morgan fingerprint density at radius 3 is 2.62 bits per heavy atom. The molecule has 1 rings (SSSR count). The fourth-order valence-electron chi connectivity index (χ4n) is 1.93. The van der Waals surface area contributed by atoms with Gasteiger partial charge in [-0.25, -0.2) is 4.79 Å². The van der Waals surface area contributed by atoms with Crippen molar-refractivity contribution in [1.29, 1.82) is 0 Å². The third kappa shape index (κ3) is 7.70. The Kier molecular flexibility index (Phi) is 7.22. The molecule has 1 aromatic carbocycles. The van der Waals surface area contributed by atoms with Gasteiger partial charge in [0.2, 0.25) is 0 Å². The van der Waals surface area contributed by atoms with E-state index in [9.17, 15) is 9.59 Å². The Labute approximate surface area is 133 Å². The van der Waals surface area contributed by atoms with Gasteiger partial charge in [0.1, 0.15) is 0 Å². The summed E-state index contributed by atoms with van der Waals surface area (Å²) < 4.78 is 0.917. The second-order valence-electron chi connectivity index (χ2n) is 5.22. The van der Waals surface area contributed by atoms with Gasteiger partial charge in [0, 0.05) is 23.1 Å². The number of urea groups is 1. The van der Waals surface area contributed by atoms with E-state index in [2.05, 4.69) is 26.6 Å². The zero-order valence-electron chi connectivity index (χ0n) is 12.3. The molecular weight excluding hydrogens is 336 g/mol. The molecule has 1 unspecified atom stereocenters. The van der Waals surface area contributed by atoms with Crippen LogP contribution in [0.15, 0.2) is 22.7 Å². The number of aryl methyl sites for hydroxylation is 1. The average Bonchev–Trinajstić information content (AvgIpc) is 2.34. The molecule has 5 nitrogen and oxygen atoms in total. The van der Waals surface area contributed by atoms with E-state index < -0.39 is 5.97 Å². The first-order chi connectivity index (χ1) is 9.86. The van der Waals surface area contributed by atoms with Crippen LogP contribution in [0.4, 0.5) is 10.5 Å². The Morgan fingerprint density at radius 2 is 2.00 bits per heavy atom. The maximum atomic E-state index is 11.8. The minimum absolute atomic E-state index is 0.171. The minimum Gasteiger partial charge on any atom is -0.481 e. The first-order valence-corrected chi connectivity index (χ1v) is 7.70. The molecule has 0 radical (unpaired) electrons. The minimum atomic E-state index is -0.780. The number of hydrogen-bond donors (Lipinski definition) is 3. The van der Waals surface area contributed by atoms with Crippen LogP contribution in [0.2, 0.25) is 0 Å². The van der Waals surface area contributed by atoms with Gasteiger partial charge in [0.25, 0.3) is 0 Å². The van der Waals surface area contributed by atoms with Crippen molar-refractivity contribution in [3.8, 4) is 0 Å². The van der Waals surface area contributed by atoms with E-state index in [0.29, 0.717) is 13.0 Å². The first kappa shape index (κ1) is 17.5. The number of carboxylic acid groups (broad SMARTS) is 1.